The minimum absolute atomic E-state index is 0.148. The molecule has 0 N–H and O–H groups in total. The van der Waals surface area contributed by atoms with Crippen LogP contribution in [-0.4, -0.2) is 42.7 Å². The van der Waals surface area contributed by atoms with Crippen LogP contribution in [-0.2, 0) is 17.7 Å². The molecule has 0 saturated heterocycles. The molecule has 29 heavy (non-hydrogen) atoms. The number of likely N-dealkylation sites (N-methyl/N-ethyl adjacent to an activating group) is 1. The lowest BCUT2D eigenvalue weighted by molar-refractivity contribution is 0.0600. The van der Waals surface area contributed by atoms with Crippen LogP contribution in [0.5, 0.6) is 5.75 Å². The highest BCUT2D eigenvalue weighted by Gasteiger charge is 2.24. The number of carbonyl (C=O) groups excluding carboxylic acids is 1. The average molecular weight is 392 g/mol. The highest BCUT2D eigenvalue weighted by atomic mass is 16.5. The fourth-order valence-electron chi connectivity index (χ4n) is 3.59. The first kappa shape index (κ1) is 19.2. The monoisotopic (exact) mass is 392 g/mol. The molecular formula is C23H24N2O4. The topological polar surface area (TPSA) is 64.8 Å². The van der Waals surface area contributed by atoms with Gasteiger partial charge in [-0.15, -0.1) is 0 Å². The fraction of sp³-hybridized carbons (Fsp3) is 0.304. The summed E-state index contributed by atoms with van der Waals surface area (Å²) in [4.78, 5) is 18.4. The van der Waals surface area contributed by atoms with Crippen LogP contribution in [0.15, 0.2) is 52.9 Å². The number of rotatable bonds is 6. The maximum atomic E-state index is 11.6. The summed E-state index contributed by atoms with van der Waals surface area (Å²) in [5.74, 6) is 1.96. The van der Waals surface area contributed by atoms with E-state index in [1.54, 1.807) is 12.1 Å². The first-order valence-corrected chi connectivity index (χ1v) is 9.61. The van der Waals surface area contributed by atoms with Crippen LogP contribution in [0.3, 0.4) is 0 Å². The third kappa shape index (κ3) is 4.17. The minimum atomic E-state index is -0.362. The second-order valence-electron chi connectivity index (χ2n) is 7.34. The molecule has 0 saturated carbocycles. The van der Waals surface area contributed by atoms with Gasteiger partial charge in [0.1, 0.15) is 17.6 Å². The highest BCUT2D eigenvalue weighted by molar-refractivity contribution is 5.89. The van der Waals surface area contributed by atoms with E-state index in [1.807, 2.05) is 37.3 Å². The third-order valence-corrected chi connectivity index (χ3v) is 5.09. The van der Waals surface area contributed by atoms with Crippen LogP contribution in [0.2, 0.25) is 0 Å². The van der Waals surface area contributed by atoms with Crippen molar-refractivity contribution in [3.8, 4) is 17.2 Å². The molecule has 0 fully saturated rings. The Morgan fingerprint density at radius 3 is 2.69 bits per heavy atom. The zero-order chi connectivity index (χ0) is 20.4. The number of aromatic nitrogens is 1. The number of esters is 1. The van der Waals surface area contributed by atoms with Gasteiger partial charge in [0.15, 0.2) is 0 Å². The van der Waals surface area contributed by atoms with Crippen molar-refractivity contribution >= 4 is 5.97 Å². The summed E-state index contributed by atoms with van der Waals surface area (Å²) in [5, 5.41) is 0. The van der Waals surface area contributed by atoms with Crippen LogP contribution < -0.4 is 4.74 Å². The minimum Gasteiger partial charge on any atom is -0.488 e. The van der Waals surface area contributed by atoms with Gasteiger partial charge in [0, 0.05) is 25.1 Å². The lowest BCUT2D eigenvalue weighted by Crippen LogP contribution is -2.31. The molecule has 3 aromatic rings. The molecule has 4 rings (SSSR count). The summed E-state index contributed by atoms with van der Waals surface area (Å²) in [5.41, 5.74) is 3.48. The molecular weight excluding hydrogens is 368 g/mol. The Kier molecular flexibility index (Phi) is 5.36. The van der Waals surface area contributed by atoms with Crippen LogP contribution >= 0.6 is 0 Å². The highest BCUT2D eigenvalue weighted by Crippen LogP contribution is 2.29. The van der Waals surface area contributed by atoms with E-state index in [0.717, 1.165) is 35.7 Å². The number of methoxy groups -OCH3 is 1. The molecule has 6 nitrogen and oxygen atoms in total. The normalized spacial score (nSPS) is 15.2. The lowest BCUT2D eigenvalue weighted by Gasteiger charge is -2.19. The maximum Gasteiger partial charge on any atom is 0.337 e. The predicted octanol–water partition coefficient (Wildman–Crippen LogP) is 3.87. The molecule has 0 bridgehead atoms. The SMILES string of the molecule is COC(=O)c1ccc(-c2nc(CN(C)C[C@@H]3Cc4ccccc4O3)c(C)o2)cc1. The number of carbonyl (C=O) groups is 1. The Hall–Kier alpha value is -3.12. The number of para-hydroxylation sites is 1. The van der Waals surface area contributed by atoms with Crippen LogP contribution in [0.25, 0.3) is 11.5 Å². The van der Waals surface area contributed by atoms with Gasteiger partial charge in [0.2, 0.25) is 5.89 Å². The van der Waals surface area contributed by atoms with Gasteiger partial charge in [0.25, 0.3) is 0 Å². The Morgan fingerprint density at radius 1 is 1.21 bits per heavy atom. The van der Waals surface area contributed by atoms with Gasteiger partial charge < -0.3 is 13.9 Å². The Labute approximate surface area is 170 Å². The summed E-state index contributed by atoms with van der Waals surface area (Å²) >= 11 is 0. The summed E-state index contributed by atoms with van der Waals surface area (Å²) in [6.07, 6.45) is 1.07. The van der Waals surface area contributed by atoms with E-state index in [-0.39, 0.29) is 12.1 Å². The fourth-order valence-corrected chi connectivity index (χ4v) is 3.59. The van der Waals surface area contributed by atoms with E-state index in [4.69, 9.17) is 13.9 Å². The molecule has 0 amide bonds. The zero-order valence-corrected chi connectivity index (χ0v) is 16.8. The molecule has 1 aliphatic rings. The van der Waals surface area contributed by atoms with Crippen molar-refractivity contribution in [1.82, 2.24) is 9.88 Å². The molecule has 0 aliphatic carbocycles. The van der Waals surface area contributed by atoms with Crippen LogP contribution in [0.1, 0.15) is 27.4 Å². The molecule has 0 spiro atoms. The van der Waals surface area contributed by atoms with Gasteiger partial charge in [-0.3, -0.25) is 4.90 Å². The van der Waals surface area contributed by atoms with Gasteiger partial charge in [-0.1, -0.05) is 18.2 Å². The van der Waals surface area contributed by atoms with Crippen molar-refractivity contribution in [2.45, 2.75) is 26.0 Å². The Morgan fingerprint density at radius 2 is 1.97 bits per heavy atom. The first-order valence-electron chi connectivity index (χ1n) is 9.61. The third-order valence-electron chi connectivity index (χ3n) is 5.09. The molecule has 2 heterocycles. The van der Waals surface area contributed by atoms with Crippen molar-refractivity contribution in [2.75, 3.05) is 20.7 Å². The number of ether oxygens (including phenoxy) is 2. The number of nitrogens with zero attached hydrogens (tertiary/aromatic N) is 2. The second kappa shape index (κ2) is 8.09. The summed E-state index contributed by atoms with van der Waals surface area (Å²) in [7, 11) is 3.43. The van der Waals surface area contributed by atoms with E-state index in [9.17, 15) is 4.79 Å². The summed E-state index contributed by atoms with van der Waals surface area (Å²) in [6.45, 7) is 3.40. The molecule has 150 valence electrons. The van der Waals surface area contributed by atoms with Gasteiger partial charge >= 0.3 is 5.97 Å². The van der Waals surface area contributed by atoms with Crippen molar-refractivity contribution in [1.29, 1.82) is 0 Å². The lowest BCUT2D eigenvalue weighted by atomic mass is 10.1. The Bertz CT molecular complexity index is 985. The maximum absolute atomic E-state index is 11.6. The molecule has 1 aromatic heterocycles. The number of hydrogen-bond acceptors (Lipinski definition) is 6. The molecule has 0 unspecified atom stereocenters. The number of hydrogen-bond donors (Lipinski definition) is 0. The van der Waals surface area contributed by atoms with E-state index in [0.29, 0.717) is 18.0 Å². The standard InChI is InChI=1S/C23H24N2O4/c1-15-20(14-25(2)13-19-12-18-6-4-5-7-21(18)29-19)24-22(28-15)16-8-10-17(11-9-16)23(26)27-3/h4-11,19H,12-14H2,1-3H3/t19-/m0/s1. The van der Waals surface area contributed by atoms with E-state index >= 15 is 0 Å². The van der Waals surface area contributed by atoms with Gasteiger partial charge in [-0.25, -0.2) is 9.78 Å². The molecule has 1 aliphatic heterocycles. The average Bonchev–Trinajstić information content (AvgIpc) is 3.30. The van der Waals surface area contributed by atoms with Crippen molar-refractivity contribution in [3.63, 3.8) is 0 Å². The number of fused-ring (bicyclic) bond motifs is 1. The smallest absolute Gasteiger partial charge is 0.337 e. The van der Waals surface area contributed by atoms with Crippen molar-refractivity contribution < 1.29 is 18.7 Å². The summed E-state index contributed by atoms with van der Waals surface area (Å²) < 4.78 is 16.6. The molecule has 0 radical (unpaired) electrons. The van der Waals surface area contributed by atoms with Crippen LogP contribution in [0, 0.1) is 6.92 Å². The predicted molar refractivity (Wildman–Crippen MR) is 109 cm³/mol. The second-order valence-corrected chi connectivity index (χ2v) is 7.34. The first-order chi connectivity index (χ1) is 14.0. The number of aryl methyl sites for hydroxylation is 1. The number of oxazole rings is 1. The Balaban J connectivity index is 1.40. The van der Waals surface area contributed by atoms with E-state index < -0.39 is 0 Å². The van der Waals surface area contributed by atoms with E-state index in [1.165, 1.54) is 12.7 Å². The quantitative estimate of drug-likeness (QED) is 0.594. The van der Waals surface area contributed by atoms with E-state index in [2.05, 4.69) is 23.0 Å². The van der Waals surface area contributed by atoms with Gasteiger partial charge in [-0.2, -0.15) is 0 Å². The van der Waals surface area contributed by atoms with Gasteiger partial charge in [0.05, 0.1) is 18.4 Å². The summed E-state index contributed by atoms with van der Waals surface area (Å²) in [6, 6.07) is 15.2. The molecule has 6 heteroatoms. The molecule has 1 atom stereocenters. The molecule has 2 aromatic carbocycles. The van der Waals surface area contributed by atoms with Crippen LogP contribution in [0.4, 0.5) is 0 Å². The van der Waals surface area contributed by atoms with Crippen molar-refractivity contribution in [2.24, 2.45) is 0 Å². The zero-order valence-electron chi connectivity index (χ0n) is 16.8. The largest absolute Gasteiger partial charge is 0.488 e. The van der Waals surface area contributed by atoms with Crippen molar-refractivity contribution in [3.05, 3.63) is 71.1 Å². The number of benzene rings is 2. The van der Waals surface area contributed by atoms with Gasteiger partial charge in [-0.05, 0) is 49.9 Å².